The average Bonchev–Trinajstić information content (AvgIpc) is 2.91. The van der Waals surface area contributed by atoms with Crippen molar-refractivity contribution in [3.05, 3.63) is 89.0 Å². The average molecular weight is 493 g/mol. The van der Waals surface area contributed by atoms with Crippen LogP contribution < -0.4 is 14.4 Å². The van der Waals surface area contributed by atoms with Crippen molar-refractivity contribution in [1.82, 2.24) is 5.32 Å². The van der Waals surface area contributed by atoms with Gasteiger partial charge in [0.05, 0.1) is 23.7 Å². The lowest BCUT2D eigenvalue weighted by Crippen LogP contribution is -2.29. The van der Waals surface area contributed by atoms with Gasteiger partial charge in [-0.3, -0.25) is 9.10 Å². The molecule has 1 N–H and O–H groups in total. The Bertz CT molecular complexity index is 1290. The number of nitrogens with zero attached hydrogens (tertiary/aromatic N) is 1. The van der Waals surface area contributed by atoms with E-state index in [1.165, 1.54) is 54.6 Å². The minimum absolute atomic E-state index is 0.0764. The lowest BCUT2D eigenvalue weighted by atomic mass is 9.88. The molecular weight excluding hydrogens is 460 g/mol. The van der Waals surface area contributed by atoms with Gasteiger partial charge in [0.1, 0.15) is 5.75 Å². The summed E-state index contributed by atoms with van der Waals surface area (Å²) in [5.41, 5.74) is 4.90. The van der Waals surface area contributed by atoms with Crippen LogP contribution >= 0.6 is 0 Å². The Kier molecular flexibility index (Phi) is 7.45. The standard InChI is InChI=1S/C28H32N2O4S/c1-4-27(23-10-9-20-7-5-6-8-22(20)19-23)29-28(31)21-11-13-24(14-12-21)30(2)35(32,33)26-17-15-25(34-3)16-18-26/h9-19,27H,4-8H2,1-3H3,(H,29,31)/t27-/m1/s1. The first kappa shape index (κ1) is 24.8. The molecule has 0 spiro atoms. The van der Waals surface area contributed by atoms with Crippen LogP contribution in [0, 0.1) is 0 Å². The molecule has 1 atom stereocenters. The van der Waals surface area contributed by atoms with Gasteiger partial charge in [-0.25, -0.2) is 8.42 Å². The molecule has 0 aliphatic heterocycles. The molecule has 3 aromatic carbocycles. The Balaban J connectivity index is 1.47. The number of sulfonamides is 1. The summed E-state index contributed by atoms with van der Waals surface area (Å²) in [6.07, 6.45) is 5.47. The molecule has 0 aromatic heterocycles. The number of anilines is 1. The second-order valence-corrected chi connectivity index (χ2v) is 10.8. The van der Waals surface area contributed by atoms with E-state index >= 15 is 0 Å². The third kappa shape index (κ3) is 5.35. The molecule has 3 aromatic rings. The Labute approximate surface area is 208 Å². The van der Waals surface area contributed by atoms with E-state index in [0.717, 1.165) is 24.8 Å². The zero-order valence-electron chi connectivity index (χ0n) is 20.5. The van der Waals surface area contributed by atoms with Crippen LogP contribution in [-0.4, -0.2) is 28.5 Å². The van der Waals surface area contributed by atoms with Crippen molar-refractivity contribution < 1.29 is 17.9 Å². The summed E-state index contributed by atoms with van der Waals surface area (Å²) in [4.78, 5) is 13.1. The van der Waals surface area contributed by atoms with Crippen LogP contribution in [0.15, 0.2) is 71.6 Å². The van der Waals surface area contributed by atoms with Crippen molar-refractivity contribution in [2.24, 2.45) is 0 Å². The van der Waals surface area contributed by atoms with Crippen molar-refractivity contribution in [1.29, 1.82) is 0 Å². The highest BCUT2D eigenvalue weighted by Gasteiger charge is 2.22. The number of rotatable bonds is 8. The number of carbonyl (C=O) groups excluding carboxylic acids is 1. The maximum absolute atomic E-state index is 13.0. The Morgan fingerprint density at radius 1 is 0.971 bits per heavy atom. The minimum atomic E-state index is -3.74. The van der Waals surface area contributed by atoms with Gasteiger partial charge in [-0.05, 0) is 97.3 Å². The lowest BCUT2D eigenvalue weighted by Gasteiger charge is -2.22. The molecule has 1 aliphatic carbocycles. The monoisotopic (exact) mass is 492 g/mol. The quantitative estimate of drug-likeness (QED) is 0.464. The van der Waals surface area contributed by atoms with Crippen LogP contribution in [0.25, 0.3) is 0 Å². The summed E-state index contributed by atoms with van der Waals surface area (Å²) >= 11 is 0. The van der Waals surface area contributed by atoms with E-state index in [9.17, 15) is 13.2 Å². The number of amides is 1. The Hall–Kier alpha value is -3.32. The Morgan fingerprint density at radius 3 is 2.26 bits per heavy atom. The molecule has 184 valence electrons. The highest BCUT2D eigenvalue weighted by Crippen LogP contribution is 2.27. The zero-order chi connectivity index (χ0) is 25.0. The molecule has 0 unspecified atom stereocenters. The van der Waals surface area contributed by atoms with E-state index in [1.54, 1.807) is 36.4 Å². The first-order valence-electron chi connectivity index (χ1n) is 12.0. The van der Waals surface area contributed by atoms with Crippen LogP contribution in [0.3, 0.4) is 0 Å². The minimum Gasteiger partial charge on any atom is -0.497 e. The highest BCUT2D eigenvalue weighted by molar-refractivity contribution is 7.92. The molecule has 0 heterocycles. The van der Waals surface area contributed by atoms with Crippen LogP contribution in [0.4, 0.5) is 5.69 Å². The van der Waals surface area contributed by atoms with E-state index in [1.807, 2.05) is 0 Å². The summed E-state index contributed by atoms with van der Waals surface area (Å²) < 4.78 is 32.3. The van der Waals surface area contributed by atoms with Crippen LogP contribution in [0.1, 0.15) is 59.3 Å². The summed E-state index contributed by atoms with van der Waals surface area (Å²) in [5, 5.41) is 3.14. The molecule has 0 fully saturated rings. The maximum Gasteiger partial charge on any atom is 0.264 e. The predicted molar refractivity (Wildman–Crippen MR) is 139 cm³/mol. The summed E-state index contributed by atoms with van der Waals surface area (Å²) in [7, 11) is -0.711. The van der Waals surface area contributed by atoms with Gasteiger partial charge in [-0.15, -0.1) is 0 Å². The molecule has 7 heteroatoms. The summed E-state index contributed by atoms with van der Waals surface area (Å²) in [6, 6.07) is 19.4. The summed E-state index contributed by atoms with van der Waals surface area (Å²) in [6.45, 7) is 2.06. The Morgan fingerprint density at radius 2 is 1.63 bits per heavy atom. The molecule has 35 heavy (non-hydrogen) atoms. The molecule has 1 amide bonds. The van der Waals surface area contributed by atoms with Crippen molar-refractivity contribution in [2.45, 2.75) is 50.0 Å². The highest BCUT2D eigenvalue weighted by atomic mass is 32.2. The van der Waals surface area contributed by atoms with E-state index in [4.69, 9.17) is 4.74 Å². The molecule has 0 bridgehead atoms. The predicted octanol–water partition coefficient (Wildman–Crippen LogP) is 5.28. The van der Waals surface area contributed by atoms with Gasteiger partial charge in [-0.2, -0.15) is 0 Å². The molecule has 4 rings (SSSR count). The number of benzene rings is 3. The number of hydrogen-bond acceptors (Lipinski definition) is 4. The van der Waals surface area contributed by atoms with Gasteiger partial charge in [0.2, 0.25) is 0 Å². The summed E-state index contributed by atoms with van der Waals surface area (Å²) in [5.74, 6) is 0.407. The van der Waals surface area contributed by atoms with E-state index in [2.05, 4.69) is 30.4 Å². The van der Waals surface area contributed by atoms with Crippen LogP contribution in [0.2, 0.25) is 0 Å². The SMILES string of the molecule is CC[C@@H](NC(=O)c1ccc(N(C)S(=O)(=O)c2ccc(OC)cc2)cc1)c1ccc2c(c1)CCCC2. The van der Waals surface area contributed by atoms with Gasteiger partial charge in [-0.1, -0.05) is 25.1 Å². The fourth-order valence-corrected chi connectivity index (χ4v) is 5.70. The van der Waals surface area contributed by atoms with E-state index in [-0.39, 0.29) is 16.8 Å². The van der Waals surface area contributed by atoms with E-state index < -0.39 is 10.0 Å². The number of aryl methyl sites for hydroxylation is 2. The third-order valence-electron chi connectivity index (χ3n) is 6.70. The van der Waals surface area contributed by atoms with Crippen molar-refractivity contribution >= 4 is 21.6 Å². The van der Waals surface area contributed by atoms with Crippen LogP contribution in [-0.2, 0) is 22.9 Å². The number of carbonyl (C=O) groups is 1. The smallest absolute Gasteiger partial charge is 0.264 e. The molecule has 0 saturated carbocycles. The van der Waals surface area contributed by atoms with Crippen molar-refractivity contribution in [3.63, 3.8) is 0 Å². The number of hydrogen-bond donors (Lipinski definition) is 1. The fraction of sp³-hybridized carbons (Fsp3) is 0.321. The third-order valence-corrected chi connectivity index (χ3v) is 8.50. The molecule has 1 aliphatic rings. The van der Waals surface area contributed by atoms with Gasteiger partial charge in [0.15, 0.2) is 0 Å². The maximum atomic E-state index is 13.0. The lowest BCUT2D eigenvalue weighted by molar-refractivity contribution is 0.0935. The normalized spacial score (nSPS) is 14.0. The van der Waals surface area contributed by atoms with Crippen molar-refractivity contribution in [2.75, 3.05) is 18.5 Å². The van der Waals surface area contributed by atoms with E-state index in [0.29, 0.717) is 17.0 Å². The van der Waals surface area contributed by atoms with Gasteiger partial charge in [0, 0.05) is 12.6 Å². The molecule has 0 radical (unpaired) electrons. The number of methoxy groups -OCH3 is 1. The second kappa shape index (κ2) is 10.5. The topological polar surface area (TPSA) is 75.7 Å². The van der Waals surface area contributed by atoms with Crippen LogP contribution in [0.5, 0.6) is 5.75 Å². The van der Waals surface area contributed by atoms with Crippen molar-refractivity contribution in [3.8, 4) is 5.75 Å². The largest absolute Gasteiger partial charge is 0.497 e. The first-order valence-corrected chi connectivity index (χ1v) is 13.4. The first-order chi connectivity index (χ1) is 16.8. The molecular formula is C28H32N2O4S. The van der Waals surface area contributed by atoms with Gasteiger partial charge < -0.3 is 10.1 Å². The molecule has 0 saturated heterocycles. The number of fused-ring (bicyclic) bond motifs is 1. The van der Waals surface area contributed by atoms with Gasteiger partial charge >= 0.3 is 0 Å². The van der Waals surface area contributed by atoms with Gasteiger partial charge in [0.25, 0.3) is 15.9 Å². The number of nitrogens with one attached hydrogen (secondary N) is 1. The number of ether oxygens (including phenoxy) is 1. The fourth-order valence-electron chi connectivity index (χ4n) is 4.50. The zero-order valence-corrected chi connectivity index (χ0v) is 21.3. The molecule has 6 nitrogen and oxygen atoms in total. The second-order valence-electron chi connectivity index (χ2n) is 8.86.